The molecule has 2 N–H and O–H groups in total. The van der Waals surface area contributed by atoms with Crippen molar-refractivity contribution in [2.75, 3.05) is 0 Å². The number of aromatic nitrogens is 1. The number of benzene rings is 1. The van der Waals surface area contributed by atoms with Crippen molar-refractivity contribution in [2.45, 2.75) is 6.61 Å². The van der Waals surface area contributed by atoms with Gasteiger partial charge >= 0.3 is 5.91 Å². The summed E-state index contributed by atoms with van der Waals surface area (Å²) in [5.41, 5.74) is 5.92. The number of hydrogen-bond donors (Lipinski definition) is 2. The summed E-state index contributed by atoms with van der Waals surface area (Å²) in [5, 5.41) is 0. The van der Waals surface area contributed by atoms with Gasteiger partial charge in [-0.2, -0.15) is 0 Å². The van der Waals surface area contributed by atoms with Crippen LogP contribution in [-0.2, 0) is 6.61 Å². The van der Waals surface area contributed by atoms with Crippen molar-refractivity contribution in [1.82, 2.24) is 15.8 Å². The molecule has 0 radical (unpaired) electrons. The van der Waals surface area contributed by atoms with E-state index in [2.05, 4.69) is 15.8 Å². The summed E-state index contributed by atoms with van der Waals surface area (Å²) in [7, 11) is 0. The highest BCUT2D eigenvalue weighted by atomic mass is 16.5. The Hall–Kier alpha value is -3.61. The van der Waals surface area contributed by atoms with Crippen LogP contribution >= 0.6 is 0 Å². The molecular formula is C18H15N3O4. The number of nitrogens with zero attached hydrogens (tertiary/aromatic N) is 1. The van der Waals surface area contributed by atoms with E-state index in [4.69, 9.17) is 9.15 Å². The number of carbonyl (C=O) groups excluding carboxylic acids is 2. The van der Waals surface area contributed by atoms with Crippen LogP contribution in [0.25, 0.3) is 0 Å². The third kappa shape index (κ3) is 4.44. The van der Waals surface area contributed by atoms with Crippen molar-refractivity contribution < 1.29 is 18.7 Å². The fraction of sp³-hybridized carbons (Fsp3) is 0.0556. The maximum Gasteiger partial charge on any atom is 0.305 e. The SMILES string of the molecule is O=C(NNC(=O)c1ccco1)c1ccc(OCc2cccnc2)cc1. The van der Waals surface area contributed by atoms with E-state index >= 15 is 0 Å². The topological polar surface area (TPSA) is 93.5 Å². The molecule has 0 atom stereocenters. The number of pyridine rings is 1. The van der Waals surface area contributed by atoms with Gasteiger partial charge in [0.05, 0.1) is 6.26 Å². The standard InChI is InChI=1S/C18H15N3O4/c22-17(20-21-18(23)16-4-2-10-24-16)14-5-7-15(8-6-14)25-12-13-3-1-9-19-11-13/h1-11H,12H2,(H,20,22)(H,21,23). The summed E-state index contributed by atoms with van der Waals surface area (Å²) < 4.78 is 10.5. The van der Waals surface area contributed by atoms with E-state index in [0.717, 1.165) is 5.56 Å². The van der Waals surface area contributed by atoms with Gasteiger partial charge in [0.1, 0.15) is 12.4 Å². The predicted octanol–water partition coefficient (Wildman–Crippen LogP) is 2.33. The molecule has 2 heterocycles. The number of rotatable bonds is 5. The minimum Gasteiger partial charge on any atom is -0.489 e. The number of ether oxygens (including phenoxy) is 1. The molecule has 0 unspecified atom stereocenters. The summed E-state index contributed by atoms with van der Waals surface area (Å²) in [5.74, 6) is -0.243. The van der Waals surface area contributed by atoms with Gasteiger partial charge in [0.15, 0.2) is 5.76 Å². The van der Waals surface area contributed by atoms with Crippen LogP contribution in [0.5, 0.6) is 5.75 Å². The van der Waals surface area contributed by atoms with Crippen molar-refractivity contribution in [3.63, 3.8) is 0 Å². The van der Waals surface area contributed by atoms with Gasteiger partial charge in [-0.15, -0.1) is 0 Å². The summed E-state index contributed by atoms with van der Waals surface area (Å²) >= 11 is 0. The van der Waals surface area contributed by atoms with Crippen LogP contribution in [-0.4, -0.2) is 16.8 Å². The lowest BCUT2D eigenvalue weighted by atomic mass is 10.2. The molecule has 126 valence electrons. The molecule has 0 aliphatic heterocycles. The van der Waals surface area contributed by atoms with Crippen molar-refractivity contribution in [3.8, 4) is 5.75 Å². The second-order valence-corrected chi connectivity index (χ2v) is 5.06. The number of nitrogens with one attached hydrogen (secondary N) is 2. The molecule has 0 fully saturated rings. The first kappa shape index (κ1) is 16.3. The molecule has 3 aromatic rings. The van der Waals surface area contributed by atoms with Gasteiger partial charge in [0, 0.05) is 23.5 Å². The van der Waals surface area contributed by atoms with Crippen molar-refractivity contribution in [3.05, 3.63) is 84.1 Å². The fourth-order valence-electron chi connectivity index (χ4n) is 2.01. The number of hydrazine groups is 1. The minimum atomic E-state index is -0.533. The number of carbonyl (C=O) groups is 2. The molecule has 0 aliphatic rings. The third-order valence-electron chi connectivity index (χ3n) is 3.28. The van der Waals surface area contributed by atoms with E-state index in [1.54, 1.807) is 42.7 Å². The first-order valence-electron chi connectivity index (χ1n) is 7.48. The van der Waals surface area contributed by atoms with E-state index in [-0.39, 0.29) is 5.76 Å². The lowest BCUT2D eigenvalue weighted by Gasteiger charge is -2.08. The van der Waals surface area contributed by atoms with Crippen LogP contribution in [0.4, 0.5) is 0 Å². The normalized spacial score (nSPS) is 10.1. The first-order valence-corrected chi connectivity index (χ1v) is 7.48. The molecule has 0 saturated carbocycles. The van der Waals surface area contributed by atoms with Crippen LogP contribution in [0, 0.1) is 0 Å². The molecule has 2 aromatic heterocycles. The predicted molar refractivity (Wildman–Crippen MR) is 88.7 cm³/mol. The number of amides is 2. The molecule has 0 bridgehead atoms. The van der Waals surface area contributed by atoms with Crippen LogP contribution in [0.15, 0.2) is 71.6 Å². The Balaban J connectivity index is 1.51. The van der Waals surface area contributed by atoms with Crippen LogP contribution in [0.3, 0.4) is 0 Å². The van der Waals surface area contributed by atoms with E-state index in [0.29, 0.717) is 17.9 Å². The van der Waals surface area contributed by atoms with Gasteiger partial charge in [-0.05, 0) is 42.5 Å². The van der Waals surface area contributed by atoms with Gasteiger partial charge in [-0.1, -0.05) is 6.07 Å². The second-order valence-electron chi connectivity index (χ2n) is 5.06. The van der Waals surface area contributed by atoms with Crippen molar-refractivity contribution >= 4 is 11.8 Å². The van der Waals surface area contributed by atoms with Gasteiger partial charge in [-0.25, -0.2) is 0 Å². The molecule has 25 heavy (non-hydrogen) atoms. The van der Waals surface area contributed by atoms with E-state index in [9.17, 15) is 9.59 Å². The quantitative estimate of drug-likeness (QED) is 0.697. The molecular weight excluding hydrogens is 322 g/mol. The molecule has 0 spiro atoms. The van der Waals surface area contributed by atoms with E-state index in [1.165, 1.54) is 12.3 Å². The Morgan fingerprint density at radius 3 is 2.48 bits per heavy atom. The molecule has 0 saturated heterocycles. The third-order valence-corrected chi connectivity index (χ3v) is 3.28. The Labute approximate surface area is 143 Å². The highest BCUT2D eigenvalue weighted by Gasteiger charge is 2.11. The van der Waals surface area contributed by atoms with E-state index in [1.807, 2.05) is 12.1 Å². The average molecular weight is 337 g/mol. The highest BCUT2D eigenvalue weighted by Crippen LogP contribution is 2.14. The molecule has 7 nitrogen and oxygen atoms in total. The summed E-state index contributed by atoms with van der Waals surface area (Å²) in [6.45, 7) is 0.387. The Bertz CT molecular complexity index is 831. The van der Waals surface area contributed by atoms with E-state index < -0.39 is 11.8 Å². The Morgan fingerprint density at radius 2 is 1.80 bits per heavy atom. The summed E-state index contributed by atoms with van der Waals surface area (Å²) in [6, 6.07) is 13.4. The van der Waals surface area contributed by atoms with Crippen molar-refractivity contribution in [1.29, 1.82) is 0 Å². The lowest BCUT2D eigenvalue weighted by molar-refractivity contribution is 0.0831. The largest absolute Gasteiger partial charge is 0.489 e. The van der Waals surface area contributed by atoms with Crippen LogP contribution < -0.4 is 15.6 Å². The highest BCUT2D eigenvalue weighted by molar-refractivity contribution is 5.97. The molecule has 1 aromatic carbocycles. The van der Waals surface area contributed by atoms with Gasteiger partial charge in [0.25, 0.3) is 5.91 Å². The molecule has 3 rings (SSSR count). The second kappa shape index (κ2) is 7.78. The lowest BCUT2D eigenvalue weighted by Crippen LogP contribution is -2.41. The van der Waals surface area contributed by atoms with Crippen molar-refractivity contribution in [2.24, 2.45) is 0 Å². The monoisotopic (exact) mass is 337 g/mol. The fourth-order valence-corrected chi connectivity index (χ4v) is 2.01. The molecule has 7 heteroatoms. The molecule has 0 aliphatic carbocycles. The Kier molecular flexibility index (Phi) is 5.06. The minimum absolute atomic E-state index is 0.111. The van der Waals surface area contributed by atoms with Gasteiger partial charge < -0.3 is 9.15 Å². The summed E-state index contributed by atoms with van der Waals surface area (Å²) in [6.07, 6.45) is 4.80. The average Bonchev–Trinajstić information content (AvgIpc) is 3.20. The Morgan fingerprint density at radius 1 is 1.00 bits per heavy atom. The first-order chi connectivity index (χ1) is 12.2. The molecule has 2 amide bonds. The summed E-state index contributed by atoms with van der Waals surface area (Å²) in [4.78, 5) is 27.7. The van der Waals surface area contributed by atoms with Gasteiger partial charge in [-0.3, -0.25) is 25.4 Å². The maximum atomic E-state index is 12.0. The number of furan rings is 1. The zero-order chi connectivity index (χ0) is 17.5. The van der Waals surface area contributed by atoms with Crippen LogP contribution in [0.2, 0.25) is 0 Å². The smallest absolute Gasteiger partial charge is 0.305 e. The van der Waals surface area contributed by atoms with Gasteiger partial charge in [0.2, 0.25) is 0 Å². The van der Waals surface area contributed by atoms with Crippen LogP contribution in [0.1, 0.15) is 26.5 Å². The number of hydrogen-bond acceptors (Lipinski definition) is 5. The zero-order valence-corrected chi connectivity index (χ0v) is 13.1. The maximum absolute atomic E-state index is 12.0. The zero-order valence-electron chi connectivity index (χ0n) is 13.1.